The molecule has 4 N–H and O–H groups in total. The van der Waals surface area contributed by atoms with E-state index in [0.29, 0.717) is 29.4 Å². The van der Waals surface area contributed by atoms with E-state index in [1.54, 1.807) is 30.3 Å². The van der Waals surface area contributed by atoms with Crippen LogP contribution in [0, 0.1) is 35.0 Å². The molecule has 240 valence electrons. The normalized spacial score (nSPS) is 15.7. The van der Waals surface area contributed by atoms with Crippen molar-refractivity contribution in [3.05, 3.63) is 101 Å². The van der Waals surface area contributed by atoms with Crippen molar-refractivity contribution in [3.63, 3.8) is 0 Å². The molecule has 0 radical (unpaired) electrons. The number of carbonyl (C=O) groups is 4. The minimum Gasteiger partial charge on any atom is -0.479 e. The number of carbonyl (C=O) groups excluding carboxylic acids is 4. The average Bonchev–Trinajstić information content (AvgIpc) is 3.65. The highest BCUT2D eigenvalue weighted by Crippen LogP contribution is 2.27. The summed E-state index contributed by atoms with van der Waals surface area (Å²) in [6.07, 6.45) is 0.0538. The molecular weight excluding hydrogens is 615 g/mol. The number of ether oxygens (including phenoxy) is 1. The van der Waals surface area contributed by atoms with Crippen LogP contribution in [-0.2, 0) is 20.8 Å². The zero-order valence-corrected chi connectivity index (χ0v) is 24.0. The van der Waals surface area contributed by atoms with E-state index >= 15 is 0 Å². The minimum atomic E-state index is -1.85. The molecule has 0 aliphatic carbocycles. The number of Topliss-reactive ketones (excluding diaryl/α,β-unsaturated/α-hetero) is 1. The maximum atomic E-state index is 14.1. The Morgan fingerprint density at radius 2 is 1.61 bits per heavy atom. The zero-order valence-electron chi connectivity index (χ0n) is 24.0. The van der Waals surface area contributed by atoms with Crippen LogP contribution in [-0.4, -0.2) is 53.7 Å². The lowest BCUT2D eigenvalue weighted by atomic mass is 9.95. The van der Waals surface area contributed by atoms with E-state index in [-0.39, 0.29) is 30.5 Å². The van der Waals surface area contributed by atoms with Gasteiger partial charge in [-0.1, -0.05) is 30.3 Å². The van der Waals surface area contributed by atoms with Gasteiger partial charge in [0.25, 0.3) is 5.91 Å². The number of ketones is 1. The molecule has 3 atom stereocenters. The van der Waals surface area contributed by atoms with Crippen LogP contribution in [0.25, 0.3) is 10.9 Å². The summed E-state index contributed by atoms with van der Waals surface area (Å²) in [5.74, 6) is -12.8. The van der Waals surface area contributed by atoms with Crippen LogP contribution in [0.2, 0.25) is 0 Å². The highest BCUT2D eigenvalue weighted by atomic mass is 19.2. The fourth-order valence-corrected chi connectivity index (χ4v) is 5.14. The molecule has 0 saturated carbocycles. The molecule has 3 aromatic carbocycles. The summed E-state index contributed by atoms with van der Waals surface area (Å²) in [7, 11) is 0. The standard InChI is InChI=1S/C32H27F5N4O5/c33-19-6-7-22-18(11-19)13-25(39-22)32(45)41-24(10-16-4-2-1-3-5-16)31(44)40-23(12-17-8-9-38-30(17)43)26(42)15-46-29-27(36)20(34)14-21(35)28(29)37/h1-7,11,13-14,17,23-24,39H,8-10,12,15H2,(H,38,43)(H,40,44)(H,41,45)/t17-,23?,24?/m0/s1. The number of hydrogen-bond acceptors (Lipinski definition) is 5. The van der Waals surface area contributed by atoms with E-state index in [1.165, 1.54) is 24.3 Å². The van der Waals surface area contributed by atoms with Gasteiger partial charge in [-0.3, -0.25) is 19.2 Å². The Bertz CT molecular complexity index is 1770. The van der Waals surface area contributed by atoms with Gasteiger partial charge in [-0.15, -0.1) is 0 Å². The molecule has 14 heteroatoms. The predicted octanol–water partition coefficient (Wildman–Crippen LogP) is 3.86. The van der Waals surface area contributed by atoms with Crippen molar-refractivity contribution in [3.8, 4) is 5.75 Å². The summed E-state index contributed by atoms with van der Waals surface area (Å²) >= 11 is 0. The van der Waals surface area contributed by atoms with Crippen LogP contribution in [0.15, 0.2) is 60.7 Å². The van der Waals surface area contributed by atoms with Crippen molar-refractivity contribution in [1.82, 2.24) is 20.9 Å². The Labute approximate surface area is 258 Å². The number of rotatable bonds is 12. The van der Waals surface area contributed by atoms with Gasteiger partial charge >= 0.3 is 0 Å². The summed E-state index contributed by atoms with van der Waals surface area (Å²) in [5, 5.41) is 8.14. The second-order valence-electron chi connectivity index (χ2n) is 10.8. The quantitative estimate of drug-likeness (QED) is 0.138. The van der Waals surface area contributed by atoms with Crippen LogP contribution in [0.5, 0.6) is 5.75 Å². The van der Waals surface area contributed by atoms with Gasteiger partial charge in [-0.05, 0) is 42.7 Å². The summed E-state index contributed by atoms with van der Waals surface area (Å²) in [5.41, 5.74) is 1.14. The van der Waals surface area contributed by atoms with Crippen LogP contribution < -0.4 is 20.7 Å². The first-order chi connectivity index (χ1) is 22.0. The number of hydrogen-bond donors (Lipinski definition) is 4. The summed E-state index contributed by atoms with van der Waals surface area (Å²) in [6, 6.07) is 11.1. The van der Waals surface area contributed by atoms with Gasteiger partial charge in [0.15, 0.2) is 23.2 Å². The van der Waals surface area contributed by atoms with Crippen molar-refractivity contribution in [2.45, 2.75) is 31.3 Å². The van der Waals surface area contributed by atoms with Crippen LogP contribution >= 0.6 is 0 Å². The molecule has 2 heterocycles. The van der Waals surface area contributed by atoms with Gasteiger partial charge < -0.3 is 25.7 Å². The number of aromatic nitrogens is 1. The largest absolute Gasteiger partial charge is 0.479 e. The Morgan fingerprint density at radius 3 is 2.28 bits per heavy atom. The van der Waals surface area contributed by atoms with Gasteiger partial charge in [0.05, 0.1) is 6.04 Å². The topological polar surface area (TPSA) is 129 Å². The Morgan fingerprint density at radius 1 is 0.891 bits per heavy atom. The lowest BCUT2D eigenvalue weighted by Crippen LogP contribution is -2.53. The van der Waals surface area contributed by atoms with E-state index in [4.69, 9.17) is 4.74 Å². The number of benzene rings is 3. The third kappa shape index (κ3) is 7.33. The first kappa shape index (κ1) is 32.1. The Hall–Kier alpha value is -5.27. The molecule has 1 saturated heterocycles. The molecule has 46 heavy (non-hydrogen) atoms. The molecule has 1 aliphatic heterocycles. The molecule has 5 rings (SSSR count). The molecular formula is C32H27F5N4O5. The van der Waals surface area contributed by atoms with E-state index in [2.05, 4.69) is 20.9 Å². The van der Waals surface area contributed by atoms with Crippen LogP contribution in [0.3, 0.4) is 0 Å². The minimum absolute atomic E-state index is 0.0175. The second-order valence-corrected chi connectivity index (χ2v) is 10.8. The monoisotopic (exact) mass is 642 g/mol. The number of H-pyrrole nitrogens is 1. The molecule has 1 fully saturated rings. The zero-order chi connectivity index (χ0) is 33.0. The van der Waals surface area contributed by atoms with Crippen molar-refractivity contribution in [2.75, 3.05) is 13.2 Å². The molecule has 9 nitrogen and oxygen atoms in total. The van der Waals surface area contributed by atoms with E-state index < -0.39 is 77.0 Å². The smallest absolute Gasteiger partial charge is 0.268 e. The summed E-state index contributed by atoms with van der Waals surface area (Å²) in [6.45, 7) is -0.799. The fraction of sp³-hybridized carbons (Fsp3) is 0.250. The third-order valence-electron chi connectivity index (χ3n) is 7.55. The van der Waals surface area contributed by atoms with Crippen molar-refractivity contribution in [1.29, 1.82) is 0 Å². The fourth-order valence-electron chi connectivity index (χ4n) is 5.14. The lowest BCUT2D eigenvalue weighted by Gasteiger charge is -2.24. The number of halogens is 5. The Balaban J connectivity index is 1.37. The molecule has 3 amide bonds. The molecule has 1 aromatic heterocycles. The SMILES string of the molecule is O=C(NC(Cc1ccccc1)C(=O)NC(C[C@@H]1CCNC1=O)C(=O)COc1c(F)c(F)cc(F)c1F)c1cc2cc(F)ccc2[nH]1. The Kier molecular flexibility index (Phi) is 9.64. The predicted molar refractivity (Wildman–Crippen MR) is 154 cm³/mol. The summed E-state index contributed by atoms with van der Waals surface area (Å²) < 4.78 is 74.1. The maximum Gasteiger partial charge on any atom is 0.268 e. The van der Waals surface area contributed by atoms with Gasteiger partial charge in [0, 0.05) is 35.9 Å². The highest BCUT2D eigenvalue weighted by Gasteiger charge is 2.34. The molecule has 2 unspecified atom stereocenters. The van der Waals surface area contributed by atoms with Crippen molar-refractivity contribution >= 4 is 34.4 Å². The van der Waals surface area contributed by atoms with Crippen molar-refractivity contribution in [2.24, 2.45) is 5.92 Å². The summed E-state index contributed by atoms with van der Waals surface area (Å²) in [4.78, 5) is 55.3. The number of fused-ring (bicyclic) bond motifs is 1. The van der Waals surface area contributed by atoms with Crippen LogP contribution in [0.1, 0.15) is 28.9 Å². The van der Waals surface area contributed by atoms with Gasteiger partial charge in [-0.25, -0.2) is 13.2 Å². The molecule has 0 spiro atoms. The number of amides is 3. The average molecular weight is 643 g/mol. The highest BCUT2D eigenvalue weighted by molar-refractivity contribution is 6.01. The molecule has 1 aliphatic rings. The third-order valence-corrected chi connectivity index (χ3v) is 7.55. The van der Waals surface area contributed by atoms with Gasteiger partial charge in [-0.2, -0.15) is 8.78 Å². The second kappa shape index (κ2) is 13.8. The number of nitrogens with one attached hydrogen (secondary N) is 4. The van der Waals surface area contributed by atoms with E-state index in [9.17, 15) is 41.1 Å². The van der Waals surface area contributed by atoms with Gasteiger partial charge in [0.1, 0.15) is 24.2 Å². The molecule has 0 bridgehead atoms. The van der Waals surface area contributed by atoms with Gasteiger partial charge in [0.2, 0.25) is 23.4 Å². The van der Waals surface area contributed by atoms with E-state index in [0.717, 1.165) is 0 Å². The van der Waals surface area contributed by atoms with Crippen molar-refractivity contribution < 1.29 is 45.9 Å². The van der Waals surface area contributed by atoms with Crippen LogP contribution in [0.4, 0.5) is 22.0 Å². The first-order valence-electron chi connectivity index (χ1n) is 14.2. The maximum absolute atomic E-state index is 14.1. The lowest BCUT2D eigenvalue weighted by molar-refractivity contribution is -0.131. The molecule has 4 aromatic rings. The first-order valence-corrected chi connectivity index (χ1v) is 14.2. The number of aromatic amines is 1. The van der Waals surface area contributed by atoms with E-state index in [1.807, 2.05) is 0 Å².